The normalized spacial score (nSPS) is 11.2. The lowest BCUT2D eigenvalue weighted by molar-refractivity contribution is 0.304. The molecule has 0 N–H and O–H groups in total. The second kappa shape index (κ2) is 6.67. The Morgan fingerprint density at radius 1 is 1.12 bits per heavy atom. The topological polar surface area (TPSA) is 39.4 Å². The molecule has 0 aliphatic carbocycles. The number of hydrogen-bond donors (Lipinski definition) is 0. The van der Waals surface area contributed by atoms with Crippen LogP contribution < -0.4 is 4.74 Å². The van der Waals surface area contributed by atoms with Crippen molar-refractivity contribution in [3.63, 3.8) is 0 Å². The molecule has 4 nitrogen and oxygen atoms in total. The van der Waals surface area contributed by atoms with Gasteiger partial charge in [-0.1, -0.05) is 64.4 Å². The van der Waals surface area contributed by atoms with Gasteiger partial charge in [-0.05, 0) is 25.1 Å². The van der Waals surface area contributed by atoms with Crippen molar-refractivity contribution in [2.45, 2.75) is 13.5 Å². The molecular weight excluding hydrogens is 377 g/mol. The predicted octanol–water partition coefficient (Wildman–Crippen LogP) is 5.65. The maximum atomic E-state index is 6.11. The number of halogens is 2. The summed E-state index contributed by atoms with van der Waals surface area (Å²) in [4.78, 5) is 5.47. The van der Waals surface area contributed by atoms with Gasteiger partial charge in [0.1, 0.15) is 12.4 Å². The summed E-state index contributed by atoms with van der Waals surface area (Å²) in [6.07, 6.45) is 1.93. The van der Waals surface area contributed by atoms with Gasteiger partial charge in [0.15, 0.2) is 5.01 Å². The lowest BCUT2D eigenvalue weighted by Gasteiger charge is -2.05. The molecule has 0 amide bonds. The third-order valence-electron chi connectivity index (χ3n) is 3.68. The number of nitrogens with zero attached hydrogens (tertiary/aromatic N) is 3. The van der Waals surface area contributed by atoms with E-state index in [4.69, 9.17) is 27.9 Å². The largest absolute Gasteiger partial charge is 0.485 e. The molecule has 25 heavy (non-hydrogen) atoms. The van der Waals surface area contributed by atoms with E-state index in [1.54, 1.807) is 22.7 Å². The van der Waals surface area contributed by atoms with Crippen LogP contribution in [0.15, 0.2) is 48.7 Å². The number of aromatic nitrogens is 3. The summed E-state index contributed by atoms with van der Waals surface area (Å²) in [7, 11) is 0. The molecular formula is C18H13Cl2N3OS. The average molecular weight is 390 g/mol. The van der Waals surface area contributed by atoms with Crippen LogP contribution in [0.5, 0.6) is 5.75 Å². The van der Waals surface area contributed by atoms with Crippen LogP contribution in [0.2, 0.25) is 10.0 Å². The first-order valence-corrected chi connectivity index (χ1v) is 9.16. The molecule has 4 aromatic rings. The van der Waals surface area contributed by atoms with E-state index in [1.807, 2.05) is 6.20 Å². The Labute approximate surface area is 158 Å². The van der Waals surface area contributed by atoms with Crippen molar-refractivity contribution in [3.05, 3.63) is 69.3 Å². The molecule has 2 aromatic carbocycles. The Morgan fingerprint density at radius 2 is 1.92 bits per heavy atom. The van der Waals surface area contributed by atoms with Crippen LogP contribution in [0.1, 0.15) is 10.6 Å². The number of hydrogen-bond acceptors (Lipinski definition) is 4. The van der Waals surface area contributed by atoms with Crippen molar-refractivity contribution in [2.75, 3.05) is 0 Å². The van der Waals surface area contributed by atoms with Gasteiger partial charge in [-0.2, -0.15) is 5.10 Å². The number of fused-ring (bicyclic) bond motifs is 1. The van der Waals surface area contributed by atoms with Gasteiger partial charge >= 0.3 is 0 Å². The van der Waals surface area contributed by atoms with Gasteiger partial charge in [-0.15, -0.1) is 0 Å². The van der Waals surface area contributed by atoms with E-state index in [2.05, 4.69) is 41.3 Å². The zero-order chi connectivity index (χ0) is 17.4. The minimum absolute atomic E-state index is 0.329. The first kappa shape index (κ1) is 16.4. The van der Waals surface area contributed by atoms with Crippen LogP contribution in [0.4, 0.5) is 0 Å². The molecule has 0 saturated heterocycles. The molecule has 2 aromatic heterocycles. The van der Waals surface area contributed by atoms with E-state index in [1.165, 1.54) is 16.9 Å². The predicted molar refractivity (Wildman–Crippen MR) is 102 cm³/mol. The summed E-state index contributed by atoms with van der Waals surface area (Å²) in [6.45, 7) is 2.39. The summed E-state index contributed by atoms with van der Waals surface area (Å²) in [5.41, 5.74) is 3.21. The van der Waals surface area contributed by atoms with Crippen molar-refractivity contribution in [1.82, 2.24) is 14.6 Å². The highest BCUT2D eigenvalue weighted by Gasteiger charge is 2.11. The highest BCUT2D eigenvalue weighted by atomic mass is 35.5. The lowest BCUT2D eigenvalue weighted by Crippen LogP contribution is -1.96. The van der Waals surface area contributed by atoms with E-state index in [9.17, 15) is 0 Å². The first-order chi connectivity index (χ1) is 12.1. The molecule has 0 bridgehead atoms. The van der Waals surface area contributed by atoms with Gasteiger partial charge in [0.2, 0.25) is 4.96 Å². The third kappa shape index (κ3) is 3.49. The monoisotopic (exact) mass is 389 g/mol. The van der Waals surface area contributed by atoms with E-state index in [-0.39, 0.29) is 0 Å². The molecule has 0 radical (unpaired) electrons. The zero-order valence-corrected chi connectivity index (χ0v) is 15.6. The van der Waals surface area contributed by atoms with E-state index >= 15 is 0 Å². The van der Waals surface area contributed by atoms with Crippen LogP contribution in [0.3, 0.4) is 0 Å². The summed E-state index contributed by atoms with van der Waals surface area (Å²) in [6, 6.07) is 13.4. The van der Waals surface area contributed by atoms with Crippen LogP contribution in [0.25, 0.3) is 16.2 Å². The lowest BCUT2D eigenvalue weighted by atomic mass is 10.1. The Kier molecular flexibility index (Phi) is 4.37. The van der Waals surface area contributed by atoms with Crippen LogP contribution in [-0.4, -0.2) is 14.6 Å². The molecule has 0 aliphatic rings. The summed E-state index contributed by atoms with van der Waals surface area (Å²) in [5, 5.41) is 6.40. The number of ether oxygens (including phenoxy) is 1. The van der Waals surface area contributed by atoms with Crippen molar-refractivity contribution in [1.29, 1.82) is 0 Å². The molecule has 0 aliphatic heterocycles. The second-order valence-corrected chi connectivity index (χ2v) is 7.46. The third-order valence-corrected chi connectivity index (χ3v) is 5.10. The van der Waals surface area contributed by atoms with Gasteiger partial charge in [-0.25, -0.2) is 9.50 Å². The minimum Gasteiger partial charge on any atom is -0.485 e. The molecule has 0 atom stereocenters. The fourth-order valence-electron chi connectivity index (χ4n) is 2.39. The van der Waals surface area contributed by atoms with Crippen molar-refractivity contribution >= 4 is 39.5 Å². The summed E-state index contributed by atoms with van der Waals surface area (Å²) >= 11 is 13.5. The minimum atomic E-state index is 0.329. The smallest absolute Gasteiger partial charge is 0.212 e. The Hall–Kier alpha value is -2.08. The summed E-state index contributed by atoms with van der Waals surface area (Å²) < 4.78 is 7.50. The van der Waals surface area contributed by atoms with Crippen LogP contribution in [-0.2, 0) is 6.61 Å². The molecule has 0 unspecified atom stereocenters. The van der Waals surface area contributed by atoms with E-state index < -0.39 is 0 Å². The Balaban J connectivity index is 1.52. The van der Waals surface area contributed by atoms with E-state index in [0.717, 1.165) is 21.2 Å². The summed E-state index contributed by atoms with van der Waals surface area (Å²) in [5.74, 6) is 0.583. The van der Waals surface area contributed by atoms with Gasteiger partial charge in [0.05, 0.1) is 16.9 Å². The highest BCUT2D eigenvalue weighted by Crippen LogP contribution is 2.29. The number of rotatable bonds is 4. The first-order valence-electron chi connectivity index (χ1n) is 7.58. The van der Waals surface area contributed by atoms with Gasteiger partial charge in [0.25, 0.3) is 0 Å². The molecule has 7 heteroatoms. The van der Waals surface area contributed by atoms with Crippen LogP contribution >= 0.6 is 34.5 Å². The molecule has 4 rings (SSSR count). The maximum absolute atomic E-state index is 6.11. The molecule has 0 saturated carbocycles. The fourth-order valence-corrected chi connectivity index (χ4v) is 3.65. The Bertz CT molecular complexity index is 1010. The zero-order valence-electron chi connectivity index (χ0n) is 13.2. The average Bonchev–Trinajstić information content (AvgIpc) is 3.13. The molecule has 2 heterocycles. The fraction of sp³-hybridized carbons (Fsp3) is 0.111. The standard InChI is InChI=1S/C18H13Cl2N3OS/c1-11-2-4-12(5-3-11)15-9-23-18(21-15)25-17(22-23)10-24-16-7-6-13(19)8-14(16)20/h2-9H,10H2,1H3. The number of aryl methyl sites for hydroxylation is 1. The molecule has 0 spiro atoms. The maximum Gasteiger partial charge on any atom is 0.212 e. The number of benzene rings is 2. The van der Waals surface area contributed by atoms with Gasteiger partial charge < -0.3 is 4.74 Å². The molecule has 126 valence electrons. The van der Waals surface area contributed by atoms with Gasteiger partial charge in [-0.3, -0.25) is 0 Å². The van der Waals surface area contributed by atoms with Crippen LogP contribution in [0, 0.1) is 6.92 Å². The quantitative estimate of drug-likeness (QED) is 0.452. The Morgan fingerprint density at radius 3 is 2.64 bits per heavy atom. The van der Waals surface area contributed by atoms with Crippen molar-refractivity contribution in [3.8, 4) is 17.0 Å². The number of imidazole rings is 1. The second-order valence-electron chi connectivity index (χ2n) is 5.58. The van der Waals surface area contributed by atoms with Gasteiger partial charge in [0, 0.05) is 10.6 Å². The van der Waals surface area contributed by atoms with Crippen molar-refractivity contribution < 1.29 is 4.74 Å². The highest BCUT2D eigenvalue weighted by molar-refractivity contribution is 7.16. The SMILES string of the molecule is Cc1ccc(-c2cn3nc(COc4ccc(Cl)cc4Cl)sc3n2)cc1. The van der Waals surface area contributed by atoms with E-state index in [0.29, 0.717) is 22.4 Å². The van der Waals surface area contributed by atoms with Crippen molar-refractivity contribution in [2.24, 2.45) is 0 Å². The molecule has 0 fully saturated rings.